The quantitative estimate of drug-likeness (QED) is 0.164. The minimum Gasteiger partial charge on any atom is -0.489 e. The Morgan fingerprint density at radius 2 is 1.24 bits per heavy atom. The number of allylic oxidation sites excluding steroid dienone is 1. The summed E-state index contributed by atoms with van der Waals surface area (Å²) in [5.74, 6) is 1.64. The topological polar surface area (TPSA) is 24.9 Å². The molecule has 10 aromatic rings. The van der Waals surface area contributed by atoms with Crippen molar-refractivity contribution in [2.45, 2.75) is 66.2 Å². The molecule has 4 nitrogen and oxygen atoms in total. The zero-order valence-electron chi connectivity index (χ0n) is 41.1. The van der Waals surface area contributed by atoms with Gasteiger partial charge in [0.05, 0.1) is 24.6 Å². The molecule has 0 bridgehead atoms. The van der Waals surface area contributed by atoms with Crippen LogP contribution in [0.25, 0.3) is 58.6 Å². The zero-order chi connectivity index (χ0) is 47.9. The van der Waals surface area contributed by atoms with Crippen LogP contribution in [0.5, 0.6) is 11.5 Å². The molecule has 346 valence electrons. The Kier molecular flexibility index (Phi) is 9.63. The highest BCUT2D eigenvalue weighted by Crippen LogP contribution is 2.52. The van der Waals surface area contributed by atoms with Gasteiger partial charge in [-0.3, -0.25) is 0 Å². The Balaban J connectivity index is 0.997. The van der Waals surface area contributed by atoms with E-state index in [4.69, 9.17) is 9.47 Å². The third kappa shape index (κ3) is 6.69. The van der Waals surface area contributed by atoms with E-state index in [0.717, 1.165) is 42.1 Å². The molecule has 0 radical (unpaired) electrons. The minimum absolute atomic E-state index is 0.00274. The Morgan fingerprint density at radius 1 is 0.563 bits per heavy atom. The summed E-state index contributed by atoms with van der Waals surface area (Å²) in [6.07, 6.45) is 7.73. The standard InChI is InChI=1S/C64H53BN2O2S2/c1-37-30-53-60-54(31-37)67(61-38(2)32-44(33-39(61)3)64(4,5)6)62-50(25-27-55-63(62)69-29-11-28-68-55)65(60)51-34-41(43-19-24-49-47-13-8-10-15-57(47)71-59(49)36-43)20-26-52(51)66(53)45-21-16-40(17-22-45)42-18-23-48-46-12-7-9-14-56(46)70-58(48)35-42/h7-9,12-14,16-27,30-36H,10-11,15,28-29H2,1-6H3. The first-order valence-corrected chi connectivity index (χ1v) is 26.9. The van der Waals surface area contributed by atoms with Gasteiger partial charge in [-0.25, -0.2) is 0 Å². The number of nitrogens with zero attached hydrogens (tertiary/aromatic N) is 2. The molecule has 0 spiro atoms. The fraction of sp³-hybridized carbons (Fsp3) is 0.188. The van der Waals surface area contributed by atoms with Gasteiger partial charge in [0.2, 0.25) is 0 Å². The van der Waals surface area contributed by atoms with Gasteiger partial charge in [-0.15, -0.1) is 22.7 Å². The van der Waals surface area contributed by atoms with Crippen LogP contribution in [0.2, 0.25) is 0 Å². The number of hydrogen-bond acceptors (Lipinski definition) is 6. The number of anilines is 6. The Labute approximate surface area is 424 Å². The second-order valence-electron chi connectivity index (χ2n) is 21.1. The number of aryl methyl sites for hydroxylation is 4. The van der Waals surface area contributed by atoms with Crippen LogP contribution in [0.4, 0.5) is 34.1 Å². The molecule has 14 rings (SSSR count). The number of thiophene rings is 2. The summed E-state index contributed by atoms with van der Waals surface area (Å²) in [4.78, 5) is 6.58. The van der Waals surface area contributed by atoms with E-state index in [9.17, 15) is 0 Å². The van der Waals surface area contributed by atoms with E-state index in [1.807, 2.05) is 22.7 Å². The zero-order valence-corrected chi connectivity index (χ0v) is 42.7. The van der Waals surface area contributed by atoms with Crippen molar-refractivity contribution in [3.8, 4) is 33.8 Å². The van der Waals surface area contributed by atoms with E-state index in [1.165, 1.54) is 124 Å². The van der Waals surface area contributed by atoms with Crippen LogP contribution in [0.1, 0.15) is 66.3 Å². The number of fused-ring (bicyclic) bond motifs is 12. The van der Waals surface area contributed by atoms with Gasteiger partial charge in [-0.1, -0.05) is 118 Å². The van der Waals surface area contributed by atoms with Crippen LogP contribution in [0, 0.1) is 20.8 Å². The molecule has 0 atom stereocenters. The molecule has 2 aromatic heterocycles. The molecule has 0 saturated carbocycles. The van der Waals surface area contributed by atoms with Crippen molar-refractivity contribution in [2.75, 3.05) is 23.0 Å². The fourth-order valence-electron chi connectivity index (χ4n) is 12.1. The SMILES string of the molecule is Cc1cc2c3c(c1)N(c1c(C)cc(C(C)(C)C)cc1C)c1c(ccc4c1OCCCO4)B3c1cc(-c3ccc4c5c(sc4c3)CCC=C5)ccc1N2c1ccc(-c2ccc3c(c2)sc2ccccc23)cc1. The lowest BCUT2D eigenvalue weighted by atomic mass is 9.33. The predicted octanol–water partition coefficient (Wildman–Crippen LogP) is 16.0. The van der Waals surface area contributed by atoms with Gasteiger partial charge in [0.25, 0.3) is 6.71 Å². The molecule has 71 heavy (non-hydrogen) atoms. The summed E-state index contributed by atoms with van der Waals surface area (Å²) < 4.78 is 17.4. The van der Waals surface area contributed by atoms with Gasteiger partial charge in [0.1, 0.15) is 0 Å². The average molecular weight is 957 g/mol. The molecule has 1 aliphatic carbocycles. The van der Waals surface area contributed by atoms with E-state index in [-0.39, 0.29) is 12.1 Å². The monoisotopic (exact) mass is 956 g/mol. The number of benzene rings is 8. The lowest BCUT2D eigenvalue weighted by molar-refractivity contribution is 0.297. The highest BCUT2D eigenvalue weighted by molar-refractivity contribution is 7.25. The van der Waals surface area contributed by atoms with E-state index >= 15 is 0 Å². The van der Waals surface area contributed by atoms with E-state index in [0.29, 0.717) is 13.2 Å². The second-order valence-corrected chi connectivity index (χ2v) is 23.4. The van der Waals surface area contributed by atoms with Gasteiger partial charge in [-0.05, 0) is 165 Å². The first-order valence-electron chi connectivity index (χ1n) is 25.2. The van der Waals surface area contributed by atoms with Crippen molar-refractivity contribution in [1.29, 1.82) is 0 Å². The molecule has 0 unspecified atom stereocenters. The molecular weight excluding hydrogens is 904 g/mol. The van der Waals surface area contributed by atoms with Crippen LogP contribution in [-0.4, -0.2) is 19.9 Å². The number of hydrogen-bond donors (Lipinski definition) is 0. The first-order chi connectivity index (χ1) is 34.6. The second kappa shape index (κ2) is 16.0. The lowest BCUT2D eigenvalue weighted by Gasteiger charge is -2.45. The molecule has 4 aliphatic rings. The third-order valence-corrected chi connectivity index (χ3v) is 17.8. The number of rotatable bonds is 4. The molecule has 0 amide bonds. The van der Waals surface area contributed by atoms with Gasteiger partial charge < -0.3 is 19.3 Å². The fourth-order valence-corrected chi connectivity index (χ4v) is 14.5. The molecule has 8 aromatic carbocycles. The van der Waals surface area contributed by atoms with E-state index in [2.05, 4.69) is 203 Å². The smallest absolute Gasteiger partial charge is 0.252 e. The van der Waals surface area contributed by atoms with Crippen molar-refractivity contribution in [2.24, 2.45) is 0 Å². The van der Waals surface area contributed by atoms with Crippen LogP contribution in [0.15, 0.2) is 146 Å². The third-order valence-electron chi connectivity index (χ3n) is 15.5. The Hall–Kier alpha value is -7.06. The molecule has 7 heteroatoms. The van der Waals surface area contributed by atoms with E-state index < -0.39 is 0 Å². The van der Waals surface area contributed by atoms with Crippen LogP contribution in [-0.2, 0) is 11.8 Å². The summed E-state index contributed by atoms with van der Waals surface area (Å²) in [6, 6.07) is 53.5. The van der Waals surface area contributed by atoms with Gasteiger partial charge in [-0.2, -0.15) is 0 Å². The summed E-state index contributed by atoms with van der Waals surface area (Å²) in [6.45, 7) is 14.9. The molecule has 0 saturated heterocycles. The largest absolute Gasteiger partial charge is 0.489 e. The van der Waals surface area contributed by atoms with Crippen molar-refractivity contribution < 1.29 is 9.47 Å². The average Bonchev–Trinajstić information content (AvgIpc) is 3.83. The van der Waals surface area contributed by atoms with Crippen molar-refractivity contribution in [1.82, 2.24) is 0 Å². The van der Waals surface area contributed by atoms with Gasteiger partial charge in [0.15, 0.2) is 11.5 Å². The first kappa shape index (κ1) is 42.8. The lowest BCUT2D eigenvalue weighted by Crippen LogP contribution is -2.61. The van der Waals surface area contributed by atoms with Gasteiger partial charge >= 0.3 is 0 Å². The summed E-state index contributed by atoms with van der Waals surface area (Å²) in [5.41, 5.74) is 22.1. The maximum absolute atomic E-state index is 6.90. The van der Waals surface area contributed by atoms with Gasteiger partial charge in [0, 0.05) is 58.9 Å². The maximum Gasteiger partial charge on any atom is 0.252 e. The Bertz CT molecular complexity index is 3890. The van der Waals surface area contributed by atoms with E-state index in [1.54, 1.807) is 0 Å². The van der Waals surface area contributed by atoms with Crippen molar-refractivity contribution in [3.63, 3.8) is 0 Å². The highest BCUT2D eigenvalue weighted by atomic mass is 32.1. The highest BCUT2D eigenvalue weighted by Gasteiger charge is 2.46. The molecule has 5 heterocycles. The molecule has 0 N–H and O–H groups in total. The molecule has 0 fully saturated rings. The van der Waals surface area contributed by atoms with Crippen molar-refractivity contribution >= 4 is 116 Å². The molecule has 3 aliphatic heterocycles. The summed E-state index contributed by atoms with van der Waals surface area (Å²) in [5, 5.41) is 4.01. The summed E-state index contributed by atoms with van der Waals surface area (Å²) >= 11 is 3.84. The Morgan fingerprint density at radius 3 is 2.04 bits per heavy atom. The minimum atomic E-state index is -0.0834. The van der Waals surface area contributed by atoms with Crippen LogP contribution >= 0.6 is 22.7 Å². The normalized spacial score (nSPS) is 14.7. The summed E-state index contributed by atoms with van der Waals surface area (Å²) in [7, 11) is 0. The maximum atomic E-state index is 6.90. The van der Waals surface area contributed by atoms with Crippen molar-refractivity contribution in [3.05, 3.63) is 178 Å². The number of ether oxygens (including phenoxy) is 2. The van der Waals surface area contributed by atoms with Crippen LogP contribution in [0.3, 0.4) is 0 Å². The van der Waals surface area contributed by atoms with Crippen LogP contribution < -0.4 is 35.7 Å². The predicted molar refractivity (Wildman–Crippen MR) is 305 cm³/mol. The molecular formula is C64H53BN2O2S2.